The Bertz CT molecular complexity index is 941. The molecule has 1 aromatic heterocycles. The number of rotatable bonds is 6. The van der Waals surface area contributed by atoms with Crippen LogP contribution < -0.4 is 16.0 Å². The molecule has 142 valence electrons. The quantitative estimate of drug-likeness (QED) is 0.608. The monoisotopic (exact) mass is 375 g/mol. The summed E-state index contributed by atoms with van der Waals surface area (Å²) in [5.41, 5.74) is 2.75. The number of carbonyl (C=O) groups is 2. The highest BCUT2D eigenvalue weighted by Crippen LogP contribution is 2.17. The molecule has 1 unspecified atom stereocenters. The lowest BCUT2D eigenvalue weighted by molar-refractivity contribution is -0.114. The number of nitrogens with zero attached hydrogens (tertiary/aromatic N) is 2. The first-order valence-corrected chi connectivity index (χ1v) is 8.84. The second-order valence-corrected chi connectivity index (χ2v) is 6.28. The van der Waals surface area contributed by atoms with Gasteiger partial charge in [0.2, 0.25) is 11.9 Å². The predicted octanol–water partition coefficient (Wildman–Crippen LogP) is 3.86. The van der Waals surface area contributed by atoms with E-state index in [0.717, 1.165) is 5.56 Å². The van der Waals surface area contributed by atoms with E-state index in [1.165, 1.54) is 19.3 Å². The van der Waals surface area contributed by atoms with Crippen LogP contribution in [0, 0.1) is 0 Å². The number of anilines is 3. The van der Waals surface area contributed by atoms with Gasteiger partial charge in [0.15, 0.2) is 0 Å². The average Bonchev–Trinajstić information content (AvgIpc) is 2.70. The Labute approximate surface area is 163 Å². The molecule has 0 fully saturated rings. The van der Waals surface area contributed by atoms with Gasteiger partial charge in [-0.2, -0.15) is 0 Å². The van der Waals surface area contributed by atoms with E-state index in [9.17, 15) is 9.59 Å². The second-order valence-electron chi connectivity index (χ2n) is 6.28. The summed E-state index contributed by atoms with van der Waals surface area (Å²) in [5, 5.41) is 8.65. The molecule has 3 aromatic rings. The Hall–Kier alpha value is -3.74. The first kappa shape index (κ1) is 19.0. The lowest BCUT2D eigenvalue weighted by atomic mass is 10.1. The zero-order chi connectivity index (χ0) is 19.9. The highest BCUT2D eigenvalue weighted by molar-refractivity contribution is 6.04. The minimum absolute atomic E-state index is 0.0444. The van der Waals surface area contributed by atoms with Gasteiger partial charge < -0.3 is 16.0 Å². The summed E-state index contributed by atoms with van der Waals surface area (Å²) in [6.45, 7) is 3.46. The Balaban J connectivity index is 1.59. The molecular weight excluding hydrogens is 354 g/mol. The number of benzene rings is 2. The van der Waals surface area contributed by atoms with E-state index in [1.807, 2.05) is 37.3 Å². The third-order valence-electron chi connectivity index (χ3n) is 4.02. The van der Waals surface area contributed by atoms with Gasteiger partial charge in [0.05, 0.1) is 11.6 Å². The van der Waals surface area contributed by atoms with E-state index in [2.05, 4.69) is 25.9 Å². The Morgan fingerprint density at radius 2 is 1.43 bits per heavy atom. The van der Waals surface area contributed by atoms with Crippen molar-refractivity contribution < 1.29 is 9.59 Å². The van der Waals surface area contributed by atoms with Gasteiger partial charge in [-0.15, -0.1) is 0 Å². The van der Waals surface area contributed by atoms with Crippen LogP contribution in [0.25, 0.3) is 0 Å². The summed E-state index contributed by atoms with van der Waals surface area (Å²) in [6, 6.07) is 16.9. The first-order chi connectivity index (χ1) is 13.5. The molecule has 3 rings (SSSR count). The van der Waals surface area contributed by atoms with Gasteiger partial charge in [0.1, 0.15) is 0 Å². The normalized spacial score (nSPS) is 11.4. The third-order valence-corrected chi connectivity index (χ3v) is 4.02. The van der Waals surface area contributed by atoms with Crippen molar-refractivity contribution >= 4 is 29.1 Å². The molecule has 3 N–H and O–H groups in total. The fourth-order valence-electron chi connectivity index (χ4n) is 2.58. The molecule has 0 bridgehead atoms. The highest BCUT2D eigenvalue weighted by Gasteiger charge is 2.10. The maximum Gasteiger partial charge on any atom is 0.258 e. The summed E-state index contributed by atoms with van der Waals surface area (Å²) >= 11 is 0. The molecular formula is C21H21N5O2. The molecule has 7 nitrogen and oxygen atoms in total. The van der Waals surface area contributed by atoms with Crippen LogP contribution in [0.3, 0.4) is 0 Å². The number of nitrogens with one attached hydrogen (secondary N) is 3. The van der Waals surface area contributed by atoms with Crippen LogP contribution in [0.1, 0.15) is 35.8 Å². The minimum Gasteiger partial charge on any atom is -0.348 e. The van der Waals surface area contributed by atoms with Crippen molar-refractivity contribution in [2.24, 2.45) is 0 Å². The van der Waals surface area contributed by atoms with Gasteiger partial charge in [-0.05, 0) is 36.8 Å². The van der Waals surface area contributed by atoms with Crippen molar-refractivity contribution in [3.8, 4) is 0 Å². The molecule has 7 heteroatoms. The molecule has 0 aliphatic rings. The first-order valence-electron chi connectivity index (χ1n) is 8.84. The maximum absolute atomic E-state index is 12.4. The molecule has 0 saturated carbocycles. The lowest BCUT2D eigenvalue weighted by Gasteiger charge is -2.14. The molecule has 2 amide bonds. The van der Waals surface area contributed by atoms with Crippen LogP contribution in [0.15, 0.2) is 67.0 Å². The number of hydrogen-bond acceptors (Lipinski definition) is 5. The van der Waals surface area contributed by atoms with Crippen molar-refractivity contribution in [1.29, 1.82) is 0 Å². The van der Waals surface area contributed by atoms with Gasteiger partial charge in [0.25, 0.3) is 5.91 Å². The van der Waals surface area contributed by atoms with Crippen LogP contribution in [-0.2, 0) is 4.79 Å². The van der Waals surface area contributed by atoms with Crippen molar-refractivity contribution in [3.05, 3.63) is 78.1 Å². The average molecular weight is 375 g/mol. The van der Waals surface area contributed by atoms with E-state index >= 15 is 0 Å². The number of amides is 2. The Morgan fingerprint density at radius 3 is 2.00 bits per heavy atom. The molecule has 0 saturated heterocycles. The zero-order valence-corrected chi connectivity index (χ0v) is 15.6. The molecule has 0 aliphatic heterocycles. The van der Waals surface area contributed by atoms with Gasteiger partial charge >= 0.3 is 0 Å². The molecule has 0 spiro atoms. The smallest absolute Gasteiger partial charge is 0.258 e. The van der Waals surface area contributed by atoms with Crippen LogP contribution in [0.5, 0.6) is 0 Å². The van der Waals surface area contributed by atoms with E-state index in [0.29, 0.717) is 22.9 Å². The number of hydrogen-bond donors (Lipinski definition) is 3. The van der Waals surface area contributed by atoms with Crippen molar-refractivity contribution in [1.82, 2.24) is 9.97 Å². The van der Waals surface area contributed by atoms with Crippen molar-refractivity contribution in [3.63, 3.8) is 0 Å². The predicted molar refractivity (Wildman–Crippen MR) is 109 cm³/mol. The summed E-state index contributed by atoms with van der Waals surface area (Å²) in [4.78, 5) is 31.8. The van der Waals surface area contributed by atoms with Gasteiger partial charge in [-0.1, -0.05) is 30.3 Å². The van der Waals surface area contributed by atoms with Gasteiger partial charge in [-0.3, -0.25) is 9.59 Å². The Kier molecular flexibility index (Phi) is 5.96. The van der Waals surface area contributed by atoms with E-state index in [-0.39, 0.29) is 17.9 Å². The van der Waals surface area contributed by atoms with Gasteiger partial charge in [0, 0.05) is 30.7 Å². The van der Waals surface area contributed by atoms with Crippen LogP contribution in [0.2, 0.25) is 0 Å². The van der Waals surface area contributed by atoms with E-state index in [4.69, 9.17) is 0 Å². The topological polar surface area (TPSA) is 96.0 Å². The molecule has 0 aliphatic carbocycles. The fourth-order valence-corrected chi connectivity index (χ4v) is 2.58. The van der Waals surface area contributed by atoms with Crippen LogP contribution in [-0.4, -0.2) is 21.8 Å². The number of aromatic nitrogens is 2. The molecule has 1 atom stereocenters. The zero-order valence-electron chi connectivity index (χ0n) is 15.6. The Morgan fingerprint density at radius 1 is 0.857 bits per heavy atom. The maximum atomic E-state index is 12.4. The molecule has 1 heterocycles. The van der Waals surface area contributed by atoms with Crippen molar-refractivity contribution in [2.45, 2.75) is 19.9 Å². The highest BCUT2D eigenvalue weighted by atomic mass is 16.2. The van der Waals surface area contributed by atoms with Crippen LogP contribution >= 0.6 is 0 Å². The third kappa shape index (κ3) is 5.14. The summed E-state index contributed by atoms with van der Waals surface area (Å²) in [5.74, 6) is -0.00767. The van der Waals surface area contributed by atoms with Crippen LogP contribution in [0.4, 0.5) is 17.3 Å². The number of carbonyl (C=O) groups excluding carboxylic acids is 2. The summed E-state index contributed by atoms with van der Waals surface area (Å²) in [6.07, 6.45) is 2.96. The standard InChI is InChI=1S/C21H21N5O2/c1-14(16-6-4-3-5-7-16)24-21-22-12-17(13-23-21)20(28)26-19-10-8-18(9-11-19)25-15(2)27/h3-14H,1-2H3,(H,25,27)(H,26,28)(H,22,23,24). The van der Waals surface area contributed by atoms with E-state index in [1.54, 1.807) is 24.3 Å². The largest absolute Gasteiger partial charge is 0.348 e. The molecule has 0 radical (unpaired) electrons. The second kappa shape index (κ2) is 8.77. The van der Waals surface area contributed by atoms with E-state index < -0.39 is 0 Å². The van der Waals surface area contributed by atoms with Gasteiger partial charge in [-0.25, -0.2) is 9.97 Å². The summed E-state index contributed by atoms with van der Waals surface area (Å²) < 4.78 is 0. The summed E-state index contributed by atoms with van der Waals surface area (Å²) in [7, 11) is 0. The van der Waals surface area contributed by atoms with Crippen molar-refractivity contribution in [2.75, 3.05) is 16.0 Å². The SMILES string of the molecule is CC(=O)Nc1ccc(NC(=O)c2cnc(NC(C)c3ccccc3)nc2)cc1. The lowest BCUT2D eigenvalue weighted by Crippen LogP contribution is -2.14. The molecule has 2 aromatic carbocycles. The minimum atomic E-state index is -0.310. The molecule has 28 heavy (non-hydrogen) atoms. The fraction of sp³-hybridized carbons (Fsp3) is 0.143.